The third-order valence-corrected chi connectivity index (χ3v) is 3.99. The molecule has 0 radical (unpaired) electrons. The first kappa shape index (κ1) is 14.6. The number of nitrogens with one attached hydrogen (secondary N) is 1. The van der Waals surface area contributed by atoms with E-state index in [0.29, 0.717) is 13.2 Å². The summed E-state index contributed by atoms with van der Waals surface area (Å²) in [7, 11) is -1.97. The van der Waals surface area contributed by atoms with Crippen LogP contribution in [0.25, 0.3) is 0 Å². The molecular formula is C9H16BrN3O3S. The first-order chi connectivity index (χ1) is 7.99. The Hall–Kier alpha value is -0.440. The highest BCUT2D eigenvalue weighted by molar-refractivity contribution is 9.09. The van der Waals surface area contributed by atoms with E-state index in [1.807, 2.05) is 6.92 Å². The first-order valence-corrected chi connectivity index (χ1v) is 7.54. The standard InChI is InChI=1S/C9H16BrN3O3S/c1-3-13-5-9(11-7-13)17(14,15)12-4-8(10)6-16-2/h5,7-8,12H,3-4,6H2,1-2H3. The van der Waals surface area contributed by atoms with Gasteiger partial charge in [-0.2, -0.15) is 0 Å². The Kier molecular flexibility index (Phi) is 5.57. The van der Waals surface area contributed by atoms with Gasteiger partial charge in [-0.1, -0.05) is 15.9 Å². The van der Waals surface area contributed by atoms with Crippen LogP contribution < -0.4 is 4.72 Å². The lowest BCUT2D eigenvalue weighted by atomic mass is 10.5. The Morgan fingerprint density at radius 2 is 2.35 bits per heavy atom. The Bertz CT molecular complexity index is 446. The van der Waals surface area contributed by atoms with Crippen molar-refractivity contribution in [2.75, 3.05) is 20.3 Å². The van der Waals surface area contributed by atoms with Gasteiger partial charge in [0, 0.05) is 26.4 Å². The summed E-state index contributed by atoms with van der Waals surface area (Å²) in [4.78, 5) is 3.79. The minimum Gasteiger partial charge on any atom is -0.383 e. The van der Waals surface area contributed by atoms with E-state index in [1.165, 1.54) is 12.5 Å². The number of halogens is 1. The molecule has 0 saturated heterocycles. The highest BCUT2D eigenvalue weighted by atomic mass is 79.9. The van der Waals surface area contributed by atoms with E-state index in [9.17, 15) is 8.42 Å². The second kappa shape index (κ2) is 6.48. The van der Waals surface area contributed by atoms with Crippen molar-refractivity contribution in [1.82, 2.24) is 14.3 Å². The second-order valence-corrected chi connectivity index (χ2v) is 6.46. The van der Waals surface area contributed by atoms with E-state index in [0.717, 1.165) is 0 Å². The van der Waals surface area contributed by atoms with Crippen LogP contribution >= 0.6 is 15.9 Å². The highest BCUT2D eigenvalue weighted by Crippen LogP contribution is 2.06. The zero-order chi connectivity index (χ0) is 12.9. The van der Waals surface area contributed by atoms with Crippen molar-refractivity contribution in [3.63, 3.8) is 0 Å². The predicted octanol–water partition coefficient (Wildman–Crippen LogP) is 0.591. The molecule has 1 aromatic heterocycles. The fourth-order valence-corrected chi connectivity index (χ4v) is 2.83. The molecule has 1 heterocycles. The molecular weight excluding hydrogens is 310 g/mol. The van der Waals surface area contributed by atoms with Crippen LogP contribution in [0.2, 0.25) is 0 Å². The SMILES string of the molecule is CCn1cnc(S(=O)(=O)NCC(Br)COC)c1. The Balaban J connectivity index is 2.62. The van der Waals surface area contributed by atoms with Crippen LogP contribution in [0, 0.1) is 0 Å². The van der Waals surface area contributed by atoms with Crippen molar-refractivity contribution < 1.29 is 13.2 Å². The van der Waals surface area contributed by atoms with Gasteiger partial charge in [0.05, 0.1) is 17.8 Å². The summed E-state index contributed by atoms with van der Waals surface area (Å²) in [6.45, 7) is 3.30. The topological polar surface area (TPSA) is 73.2 Å². The van der Waals surface area contributed by atoms with Crippen molar-refractivity contribution >= 4 is 26.0 Å². The van der Waals surface area contributed by atoms with Crippen LogP contribution in [0.4, 0.5) is 0 Å². The molecule has 8 heteroatoms. The molecule has 0 amide bonds. The van der Waals surface area contributed by atoms with E-state index < -0.39 is 10.0 Å². The summed E-state index contributed by atoms with van der Waals surface area (Å²) in [6.07, 6.45) is 3.00. The molecule has 1 N–H and O–H groups in total. The molecule has 1 rings (SSSR count). The fraction of sp³-hybridized carbons (Fsp3) is 0.667. The van der Waals surface area contributed by atoms with Crippen LogP contribution in [0.1, 0.15) is 6.92 Å². The number of hydrogen-bond acceptors (Lipinski definition) is 4. The maximum absolute atomic E-state index is 11.8. The zero-order valence-electron chi connectivity index (χ0n) is 9.76. The number of imidazole rings is 1. The van der Waals surface area contributed by atoms with Crippen LogP contribution in [0.15, 0.2) is 17.6 Å². The van der Waals surface area contributed by atoms with E-state index in [2.05, 4.69) is 25.6 Å². The Morgan fingerprint density at radius 1 is 1.65 bits per heavy atom. The summed E-state index contributed by atoms with van der Waals surface area (Å²) in [5.41, 5.74) is 0. The van der Waals surface area contributed by atoms with E-state index in [1.54, 1.807) is 11.7 Å². The lowest BCUT2D eigenvalue weighted by molar-refractivity contribution is 0.201. The van der Waals surface area contributed by atoms with Gasteiger partial charge in [-0.25, -0.2) is 18.1 Å². The third-order valence-electron chi connectivity index (χ3n) is 2.09. The lowest BCUT2D eigenvalue weighted by Gasteiger charge is -2.09. The smallest absolute Gasteiger partial charge is 0.259 e. The summed E-state index contributed by atoms with van der Waals surface area (Å²) in [5, 5.41) is 0.0384. The maximum Gasteiger partial charge on any atom is 0.259 e. The largest absolute Gasteiger partial charge is 0.383 e. The van der Waals surface area contributed by atoms with Crippen molar-refractivity contribution in [1.29, 1.82) is 0 Å². The van der Waals surface area contributed by atoms with E-state index in [4.69, 9.17) is 4.74 Å². The molecule has 1 unspecified atom stereocenters. The van der Waals surface area contributed by atoms with E-state index in [-0.39, 0.29) is 16.4 Å². The number of sulfonamides is 1. The van der Waals surface area contributed by atoms with Crippen LogP contribution in [0.3, 0.4) is 0 Å². The van der Waals surface area contributed by atoms with Gasteiger partial charge < -0.3 is 9.30 Å². The van der Waals surface area contributed by atoms with Crippen molar-refractivity contribution in [3.8, 4) is 0 Å². The number of aryl methyl sites for hydroxylation is 1. The molecule has 0 saturated carbocycles. The quantitative estimate of drug-likeness (QED) is 0.745. The van der Waals surface area contributed by atoms with Gasteiger partial charge in [0.2, 0.25) is 0 Å². The number of rotatable bonds is 7. The van der Waals surface area contributed by atoms with Crippen molar-refractivity contribution in [2.24, 2.45) is 0 Å². The third kappa shape index (κ3) is 4.38. The van der Waals surface area contributed by atoms with Gasteiger partial charge in [0.15, 0.2) is 5.03 Å². The van der Waals surface area contributed by atoms with Crippen LogP contribution in [0.5, 0.6) is 0 Å². The van der Waals surface area contributed by atoms with Gasteiger partial charge >= 0.3 is 0 Å². The molecule has 1 atom stereocenters. The predicted molar refractivity (Wildman–Crippen MR) is 67.7 cm³/mol. The average Bonchev–Trinajstić information content (AvgIpc) is 2.76. The number of nitrogens with zero attached hydrogens (tertiary/aromatic N) is 2. The average molecular weight is 326 g/mol. The van der Waals surface area contributed by atoms with Gasteiger partial charge in [0.25, 0.3) is 10.0 Å². The summed E-state index contributed by atoms with van der Waals surface area (Å²) in [6, 6.07) is 0. The van der Waals surface area contributed by atoms with Crippen molar-refractivity contribution in [3.05, 3.63) is 12.5 Å². The van der Waals surface area contributed by atoms with Crippen LogP contribution in [-0.4, -0.2) is 43.1 Å². The molecule has 6 nitrogen and oxygen atoms in total. The number of ether oxygens (including phenoxy) is 1. The monoisotopic (exact) mass is 325 g/mol. The number of alkyl halides is 1. The Morgan fingerprint density at radius 3 is 2.88 bits per heavy atom. The maximum atomic E-state index is 11.8. The first-order valence-electron chi connectivity index (χ1n) is 5.14. The zero-order valence-corrected chi connectivity index (χ0v) is 12.2. The normalized spacial score (nSPS) is 13.8. The molecule has 0 aliphatic rings. The molecule has 0 aromatic carbocycles. The van der Waals surface area contributed by atoms with Gasteiger partial charge in [-0.3, -0.25) is 0 Å². The highest BCUT2D eigenvalue weighted by Gasteiger charge is 2.18. The summed E-state index contributed by atoms with van der Waals surface area (Å²) >= 11 is 3.30. The number of aromatic nitrogens is 2. The molecule has 1 aromatic rings. The molecule has 98 valence electrons. The van der Waals surface area contributed by atoms with Gasteiger partial charge in [0.1, 0.15) is 0 Å². The molecule has 0 spiro atoms. The van der Waals surface area contributed by atoms with Crippen molar-refractivity contribution in [2.45, 2.75) is 23.3 Å². The minimum absolute atomic E-state index is 0.0384. The van der Waals surface area contributed by atoms with Gasteiger partial charge in [-0.05, 0) is 6.92 Å². The second-order valence-electron chi connectivity index (χ2n) is 3.45. The fourth-order valence-electron chi connectivity index (χ4n) is 1.17. The molecule has 0 fully saturated rings. The molecule has 0 bridgehead atoms. The summed E-state index contributed by atoms with van der Waals surface area (Å²) < 4.78 is 32.7. The van der Waals surface area contributed by atoms with Gasteiger partial charge in [-0.15, -0.1) is 0 Å². The number of methoxy groups -OCH3 is 1. The van der Waals surface area contributed by atoms with E-state index >= 15 is 0 Å². The minimum atomic E-state index is -3.53. The lowest BCUT2D eigenvalue weighted by Crippen LogP contribution is -2.31. The summed E-state index contributed by atoms with van der Waals surface area (Å²) in [5.74, 6) is 0. The molecule has 0 aliphatic carbocycles. The molecule has 17 heavy (non-hydrogen) atoms. The van der Waals surface area contributed by atoms with Crippen LogP contribution in [-0.2, 0) is 21.3 Å². The number of hydrogen-bond donors (Lipinski definition) is 1. The molecule has 0 aliphatic heterocycles. The Labute approximate surface area is 110 Å².